The molecule has 4 aliphatic rings. The number of allylic oxidation sites excluding steroid dienone is 1. The van der Waals surface area contributed by atoms with E-state index >= 15 is 0 Å². The zero-order valence-corrected chi connectivity index (χ0v) is 13.0. The van der Waals surface area contributed by atoms with Gasteiger partial charge in [-0.2, -0.15) is 0 Å². The first-order valence-electron chi connectivity index (χ1n) is 8.57. The molecule has 4 saturated carbocycles. The fourth-order valence-electron chi connectivity index (χ4n) is 5.81. The summed E-state index contributed by atoms with van der Waals surface area (Å²) in [6, 6.07) is 9.26. The lowest BCUT2D eigenvalue weighted by molar-refractivity contribution is -0.00518. The van der Waals surface area contributed by atoms with Crippen LogP contribution < -0.4 is 0 Å². The zero-order valence-electron chi connectivity index (χ0n) is 13.0. The number of benzene rings is 1. The normalized spacial score (nSPS) is 38.0. The van der Waals surface area contributed by atoms with Gasteiger partial charge in [0, 0.05) is 0 Å². The molecule has 4 fully saturated rings. The maximum Gasteiger partial charge on any atom is 0.0618 e. The molecule has 4 aliphatic carbocycles. The molecular formula is C20H26O. The molecule has 1 nitrogen and oxygen atoms in total. The average molecular weight is 282 g/mol. The van der Waals surface area contributed by atoms with E-state index in [1.165, 1.54) is 49.7 Å². The minimum atomic E-state index is 0.128. The Kier molecular flexibility index (Phi) is 3.22. The van der Waals surface area contributed by atoms with E-state index in [0.29, 0.717) is 5.41 Å². The van der Waals surface area contributed by atoms with Gasteiger partial charge in [-0.25, -0.2) is 0 Å². The van der Waals surface area contributed by atoms with Gasteiger partial charge in [-0.05, 0) is 85.3 Å². The van der Waals surface area contributed by atoms with E-state index < -0.39 is 0 Å². The van der Waals surface area contributed by atoms with Crippen LogP contribution in [0.4, 0.5) is 0 Å². The first kappa shape index (κ1) is 13.6. The first-order valence-corrected chi connectivity index (χ1v) is 8.57. The SMILES string of the molecule is C/C(=C/CO)c1ccc(C23CC4CC(CC(C4)C2)C3)cc1. The van der Waals surface area contributed by atoms with E-state index in [4.69, 9.17) is 5.11 Å². The van der Waals surface area contributed by atoms with Crippen LogP contribution >= 0.6 is 0 Å². The van der Waals surface area contributed by atoms with Gasteiger partial charge in [0.1, 0.15) is 0 Å². The van der Waals surface area contributed by atoms with Crippen LogP contribution in [-0.4, -0.2) is 11.7 Å². The summed E-state index contributed by atoms with van der Waals surface area (Å²) in [7, 11) is 0. The first-order chi connectivity index (χ1) is 10.2. The molecule has 0 aromatic heterocycles. The zero-order chi connectivity index (χ0) is 14.4. The van der Waals surface area contributed by atoms with E-state index in [-0.39, 0.29) is 6.61 Å². The lowest BCUT2D eigenvalue weighted by atomic mass is 9.48. The standard InChI is InChI=1S/C20H26O/c1-14(6-7-21)18-2-4-19(5-3-18)20-11-15-8-16(12-20)10-17(9-15)13-20/h2-6,15-17,21H,7-13H2,1H3/b14-6-. The van der Waals surface area contributed by atoms with Crippen molar-refractivity contribution in [2.24, 2.45) is 17.8 Å². The summed E-state index contributed by atoms with van der Waals surface area (Å²) < 4.78 is 0. The summed E-state index contributed by atoms with van der Waals surface area (Å²) >= 11 is 0. The maximum absolute atomic E-state index is 9.03. The van der Waals surface area contributed by atoms with Gasteiger partial charge in [-0.3, -0.25) is 0 Å². The minimum absolute atomic E-state index is 0.128. The molecule has 0 spiro atoms. The van der Waals surface area contributed by atoms with Gasteiger partial charge in [0.2, 0.25) is 0 Å². The highest BCUT2D eigenvalue weighted by atomic mass is 16.2. The molecule has 0 unspecified atom stereocenters. The molecule has 0 amide bonds. The Hall–Kier alpha value is -1.08. The van der Waals surface area contributed by atoms with Gasteiger partial charge in [-0.15, -0.1) is 0 Å². The van der Waals surface area contributed by atoms with Crippen molar-refractivity contribution in [3.63, 3.8) is 0 Å². The van der Waals surface area contributed by atoms with Gasteiger partial charge in [-0.1, -0.05) is 30.3 Å². The predicted octanol–water partition coefficient (Wildman–Crippen LogP) is 4.55. The summed E-state index contributed by atoms with van der Waals surface area (Å²) in [6.07, 6.45) is 10.7. The van der Waals surface area contributed by atoms with Crippen molar-refractivity contribution < 1.29 is 5.11 Å². The molecule has 1 N–H and O–H groups in total. The minimum Gasteiger partial charge on any atom is -0.392 e. The lowest BCUT2D eigenvalue weighted by Crippen LogP contribution is -2.48. The number of aliphatic hydroxyl groups excluding tert-OH is 1. The van der Waals surface area contributed by atoms with Crippen LogP contribution in [0.25, 0.3) is 5.57 Å². The van der Waals surface area contributed by atoms with Crippen molar-refractivity contribution in [1.82, 2.24) is 0 Å². The van der Waals surface area contributed by atoms with Gasteiger partial charge in [0.15, 0.2) is 0 Å². The summed E-state index contributed by atoms with van der Waals surface area (Å²) in [5, 5.41) is 9.03. The van der Waals surface area contributed by atoms with E-state index in [2.05, 4.69) is 31.2 Å². The van der Waals surface area contributed by atoms with E-state index in [0.717, 1.165) is 17.8 Å². The topological polar surface area (TPSA) is 20.2 Å². The molecule has 0 radical (unpaired) electrons. The van der Waals surface area contributed by atoms with Crippen LogP contribution in [0, 0.1) is 17.8 Å². The number of hydrogen-bond donors (Lipinski definition) is 1. The Balaban J connectivity index is 1.63. The Bertz CT molecular complexity index is 516. The van der Waals surface area contributed by atoms with Crippen molar-refractivity contribution in [2.75, 3.05) is 6.61 Å². The van der Waals surface area contributed by atoms with Crippen LogP contribution in [0.15, 0.2) is 30.3 Å². The third kappa shape index (κ3) is 2.26. The van der Waals surface area contributed by atoms with Crippen molar-refractivity contribution >= 4 is 5.57 Å². The van der Waals surface area contributed by atoms with Gasteiger partial charge in [0.05, 0.1) is 6.61 Å². The second-order valence-corrected chi connectivity index (χ2v) is 7.84. The second-order valence-electron chi connectivity index (χ2n) is 7.84. The largest absolute Gasteiger partial charge is 0.392 e. The Morgan fingerprint density at radius 3 is 2.05 bits per heavy atom. The summed E-state index contributed by atoms with van der Waals surface area (Å²) in [4.78, 5) is 0. The van der Waals surface area contributed by atoms with Crippen molar-refractivity contribution in [2.45, 2.75) is 50.9 Å². The molecule has 0 heterocycles. The third-order valence-electron chi connectivity index (χ3n) is 6.39. The van der Waals surface area contributed by atoms with Gasteiger partial charge in [0.25, 0.3) is 0 Å². The molecule has 112 valence electrons. The maximum atomic E-state index is 9.03. The molecule has 5 rings (SSSR count). The molecule has 1 aromatic rings. The van der Waals surface area contributed by atoms with Gasteiger partial charge >= 0.3 is 0 Å². The molecule has 1 aromatic carbocycles. The molecule has 0 atom stereocenters. The summed E-state index contributed by atoms with van der Waals surface area (Å²) in [6.45, 7) is 2.21. The van der Waals surface area contributed by atoms with E-state index in [1.54, 1.807) is 5.56 Å². The fraction of sp³-hybridized carbons (Fsp3) is 0.600. The number of aliphatic hydroxyl groups is 1. The van der Waals surface area contributed by atoms with Crippen molar-refractivity contribution in [1.29, 1.82) is 0 Å². The number of hydrogen-bond acceptors (Lipinski definition) is 1. The lowest BCUT2D eigenvalue weighted by Gasteiger charge is -2.57. The molecular weight excluding hydrogens is 256 g/mol. The van der Waals surface area contributed by atoms with Crippen LogP contribution in [-0.2, 0) is 5.41 Å². The van der Waals surface area contributed by atoms with Crippen LogP contribution in [0.5, 0.6) is 0 Å². The predicted molar refractivity (Wildman–Crippen MR) is 87.0 cm³/mol. The van der Waals surface area contributed by atoms with Crippen molar-refractivity contribution in [3.8, 4) is 0 Å². The summed E-state index contributed by atoms with van der Waals surface area (Å²) in [5.74, 6) is 3.02. The van der Waals surface area contributed by atoms with Crippen LogP contribution in [0.2, 0.25) is 0 Å². The quantitative estimate of drug-likeness (QED) is 0.862. The van der Waals surface area contributed by atoms with Crippen molar-refractivity contribution in [3.05, 3.63) is 41.5 Å². The Morgan fingerprint density at radius 2 is 1.57 bits per heavy atom. The molecule has 21 heavy (non-hydrogen) atoms. The average Bonchev–Trinajstić information content (AvgIpc) is 2.46. The Labute approximate surface area is 128 Å². The fourth-order valence-corrected chi connectivity index (χ4v) is 5.81. The molecule has 0 aliphatic heterocycles. The third-order valence-corrected chi connectivity index (χ3v) is 6.39. The highest BCUT2D eigenvalue weighted by molar-refractivity contribution is 5.64. The van der Waals surface area contributed by atoms with E-state index in [1.807, 2.05) is 6.08 Å². The Morgan fingerprint density at radius 1 is 1.05 bits per heavy atom. The molecule has 1 heteroatoms. The highest BCUT2D eigenvalue weighted by Crippen LogP contribution is 2.60. The smallest absolute Gasteiger partial charge is 0.0618 e. The molecule has 0 saturated heterocycles. The van der Waals surface area contributed by atoms with Crippen LogP contribution in [0.1, 0.15) is 56.6 Å². The number of rotatable bonds is 3. The van der Waals surface area contributed by atoms with Gasteiger partial charge < -0.3 is 5.11 Å². The molecule has 4 bridgehead atoms. The summed E-state index contributed by atoms with van der Waals surface area (Å²) in [5.41, 5.74) is 4.51. The highest BCUT2D eigenvalue weighted by Gasteiger charge is 2.51. The second kappa shape index (κ2) is 4.98. The van der Waals surface area contributed by atoms with Crippen LogP contribution in [0.3, 0.4) is 0 Å². The monoisotopic (exact) mass is 282 g/mol. The van der Waals surface area contributed by atoms with E-state index in [9.17, 15) is 0 Å².